The van der Waals surface area contributed by atoms with Crippen LogP contribution in [0, 0.1) is 0 Å². The number of pyridine rings is 1. The van der Waals surface area contributed by atoms with Crippen LogP contribution in [0.1, 0.15) is 24.4 Å². The molecule has 2 heterocycles. The highest BCUT2D eigenvalue weighted by molar-refractivity contribution is 5.75. The Morgan fingerprint density at radius 2 is 1.90 bits per heavy atom. The van der Waals surface area contributed by atoms with E-state index in [-0.39, 0.29) is 6.04 Å². The highest BCUT2D eigenvalue weighted by Gasteiger charge is 2.09. The minimum atomic E-state index is 0.276. The van der Waals surface area contributed by atoms with E-state index >= 15 is 0 Å². The number of imidazole rings is 1. The van der Waals surface area contributed by atoms with Crippen LogP contribution in [-0.4, -0.2) is 14.5 Å². The second kappa shape index (κ2) is 5.43. The van der Waals surface area contributed by atoms with E-state index in [2.05, 4.69) is 39.9 Å². The number of rotatable bonds is 4. The van der Waals surface area contributed by atoms with E-state index in [1.54, 1.807) is 0 Å². The fraction of sp³-hybridized carbons (Fsp3) is 0.250. The van der Waals surface area contributed by atoms with E-state index in [1.165, 1.54) is 11.1 Å². The lowest BCUT2D eigenvalue weighted by Gasteiger charge is -2.13. The van der Waals surface area contributed by atoms with Crippen LogP contribution in [0.5, 0.6) is 0 Å². The van der Waals surface area contributed by atoms with Crippen molar-refractivity contribution in [2.24, 2.45) is 7.05 Å². The lowest BCUT2D eigenvalue weighted by molar-refractivity contribution is 0.551. The number of nitrogens with one attached hydrogen (secondary N) is 1. The minimum Gasteiger partial charge on any atom is -0.330 e. The van der Waals surface area contributed by atoms with Crippen LogP contribution in [0.3, 0.4) is 0 Å². The Morgan fingerprint density at radius 1 is 1.15 bits per heavy atom. The van der Waals surface area contributed by atoms with E-state index in [0.29, 0.717) is 0 Å². The molecule has 1 N–H and O–H groups in total. The summed E-state index contributed by atoms with van der Waals surface area (Å²) in [6, 6.07) is 12.5. The molecule has 0 spiro atoms. The first-order valence-electron chi connectivity index (χ1n) is 6.79. The topological polar surface area (TPSA) is 42.7 Å². The molecule has 0 bridgehead atoms. The fourth-order valence-electron chi connectivity index (χ4n) is 2.37. The molecule has 2 aromatic heterocycles. The fourth-order valence-corrected chi connectivity index (χ4v) is 2.37. The van der Waals surface area contributed by atoms with Crippen LogP contribution in [0.2, 0.25) is 0 Å². The molecule has 4 heteroatoms. The molecule has 0 radical (unpaired) electrons. The highest BCUT2D eigenvalue weighted by Crippen LogP contribution is 2.16. The Kier molecular flexibility index (Phi) is 3.48. The van der Waals surface area contributed by atoms with Crippen molar-refractivity contribution >= 4 is 11.0 Å². The van der Waals surface area contributed by atoms with Crippen LogP contribution in [0.25, 0.3) is 11.0 Å². The van der Waals surface area contributed by atoms with Crippen molar-refractivity contribution in [1.82, 2.24) is 19.9 Å². The summed E-state index contributed by atoms with van der Waals surface area (Å²) < 4.78 is 2.14. The average Bonchev–Trinajstić information content (AvgIpc) is 2.83. The minimum absolute atomic E-state index is 0.276. The Balaban J connectivity index is 1.76. The Labute approximate surface area is 118 Å². The van der Waals surface area contributed by atoms with Gasteiger partial charge >= 0.3 is 0 Å². The maximum atomic E-state index is 4.67. The molecule has 0 saturated heterocycles. The van der Waals surface area contributed by atoms with E-state index in [4.69, 9.17) is 0 Å². The molecule has 102 valence electrons. The standard InChI is InChI=1S/C16H18N4/c1-12(13-7-9-17-10-8-13)18-11-16-19-14-5-3-4-6-15(14)20(16)2/h3-10,12,18H,11H2,1-2H3. The molecule has 3 rings (SSSR count). The van der Waals surface area contributed by atoms with Crippen LogP contribution in [0.15, 0.2) is 48.8 Å². The zero-order valence-corrected chi connectivity index (χ0v) is 11.7. The van der Waals surface area contributed by atoms with Gasteiger partial charge in [-0.25, -0.2) is 4.98 Å². The van der Waals surface area contributed by atoms with Gasteiger partial charge in [0, 0.05) is 25.5 Å². The van der Waals surface area contributed by atoms with Gasteiger partial charge in [-0.2, -0.15) is 0 Å². The van der Waals surface area contributed by atoms with Crippen LogP contribution < -0.4 is 5.32 Å². The third-order valence-electron chi connectivity index (χ3n) is 3.65. The SMILES string of the molecule is CC(NCc1nc2ccccc2n1C)c1ccncc1. The predicted molar refractivity (Wildman–Crippen MR) is 80.2 cm³/mol. The van der Waals surface area contributed by atoms with Gasteiger partial charge in [-0.3, -0.25) is 4.98 Å². The van der Waals surface area contributed by atoms with E-state index in [9.17, 15) is 0 Å². The number of nitrogens with zero attached hydrogens (tertiary/aromatic N) is 3. The molecule has 1 unspecified atom stereocenters. The van der Waals surface area contributed by atoms with Crippen molar-refractivity contribution in [1.29, 1.82) is 0 Å². The molecule has 1 atom stereocenters. The summed E-state index contributed by atoms with van der Waals surface area (Å²) in [6.07, 6.45) is 3.64. The first-order chi connectivity index (χ1) is 9.75. The van der Waals surface area contributed by atoms with Crippen LogP contribution in [-0.2, 0) is 13.6 Å². The number of aromatic nitrogens is 3. The number of hydrogen-bond acceptors (Lipinski definition) is 3. The van der Waals surface area contributed by atoms with Crippen LogP contribution >= 0.6 is 0 Å². The normalized spacial score (nSPS) is 12.7. The molecule has 0 aliphatic heterocycles. The molecule has 0 aliphatic rings. The Bertz CT molecular complexity index is 703. The lowest BCUT2D eigenvalue weighted by atomic mass is 10.1. The largest absolute Gasteiger partial charge is 0.330 e. The first-order valence-corrected chi connectivity index (χ1v) is 6.79. The van der Waals surface area contributed by atoms with Crippen molar-refractivity contribution < 1.29 is 0 Å². The average molecular weight is 266 g/mol. The summed E-state index contributed by atoms with van der Waals surface area (Å²) in [5, 5.41) is 3.51. The highest BCUT2D eigenvalue weighted by atomic mass is 15.1. The van der Waals surface area contributed by atoms with Crippen molar-refractivity contribution in [3.8, 4) is 0 Å². The molecule has 0 amide bonds. The second-order valence-corrected chi connectivity index (χ2v) is 4.96. The summed E-state index contributed by atoms with van der Waals surface area (Å²) in [5.74, 6) is 1.05. The van der Waals surface area contributed by atoms with E-state index in [1.807, 2.05) is 42.7 Å². The molecule has 20 heavy (non-hydrogen) atoms. The molecular formula is C16H18N4. The van der Waals surface area contributed by atoms with Crippen molar-refractivity contribution in [2.75, 3.05) is 0 Å². The monoisotopic (exact) mass is 266 g/mol. The Morgan fingerprint density at radius 3 is 2.65 bits per heavy atom. The van der Waals surface area contributed by atoms with Gasteiger partial charge in [0.05, 0.1) is 17.6 Å². The van der Waals surface area contributed by atoms with Crippen molar-refractivity contribution in [2.45, 2.75) is 19.5 Å². The number of hydrogen-bond donors (Lipinski definition) is 1. The molecule has 3 aromatic rings. The van der Waals surface area contributed by atoms with Crippen LogP contribution in [0.4, 0.5) is 0 Å². The van der Waals surface area contributed by atoms with Gasteiger partial charge < -0.3 is 9.88 Å². The molecule has 0 saturated carbocycles. The smallest absolute Gasteiger partial charge is 0.123 e. The maximum Gasteiger partial charge on any atom is 0.123 e. The lowest BCUT2D eigenvalue weighted by Crippen LogP contribution is -2.20. The zero-order chi connectivity index (χ0) is 13.9. The number of benzene rings is 1. The summed E-state index contributed by atoms with van der Waals surface area (Å²) in [7, 11) is 2.06. The molecule has 0 aliphatic carbocycles. The van der Waals surface area contributed by atoms with Crippen molar-refractivity contribution in [3.05, 3.63) is 60.2 Å². The third kappa shape index (κ3) is 2.42. The van der Waals surface area contributed by atoms with Gasteiger partial charge in [0.15, 0.2) is 0 Å². The number of para-hydroxylation sites is 2. The van der Waals surface area contributed by atoms with Gasteiger partial charge in [0.25, 0.3) is 0 Å². The number of fused-ring (bicyclic) bond motifs is 1. The number of aryl methyl sites for hydroxylation is 1. The van der Waals surface area contributed by atoms with E-state index in [0.717, 1.165) is 17.9 Å². The van der Waals surface area contributed by atoms with Gasteiger partial charge in [-0.15, -0.1) is 0 Å². The van der Waals surface area contributed by atoms with Gasteiger partial charge in [-0.1, -0.05) is 12.1 Å². The quantitative estimate of drug-likeness (QED) is 0.789. The zero-order valence-electron chi connectivity index (χ0n) is 11.7. The summed E-state index contributed by atoms with van der Waals surface area (Å²) in [5.41, 5.74) is 3.45. The van der Waals surface area contributed by atoms with E-state index < -0.39 is 0 Å². The summed E-state index contributed by atoms with van der Waals surface area (Å²) in [6.45, 7) is 2.90. The molecular weight excluding hydrogens is 248 g/mol. The molecule has 0 fully saturated rings. The van der Waals surface area contributed by atoms with Gasteiger partial charge in [-0.05, 0) is 36.8 Å². The van der Waals surface area contributed by atoms with Gasteiger partial charge in [0.1, 0.15) is 5.82 Å². The maximum absolute atomic E-state index is 4.67. The van der Waals surface area contributed by atoms with Gasteiger partial charge in [0.2, 0.25) is 0 Å². The molecule has 1 aromatic carbocycles. The second-order valence-electron chi connectivity index (χ2n) is 4.96. The summed E-state index contributed by atoms with van der Waals surface area (Å²) in [4.78, 5) is 8.71. The third-order valence-corrected chi connectivity index (χ3v) is 3.65. The molecule has 4 nitrogen and oxygen atoms in total. The first kappa shape index (κ1) is 12.8. The predicted octanol–water partition coefficient (Wildman–Crippen LogP) is 2.82. The Hall–Kier alpha value is -2.20. The van der Waals surface area contributed by atoms with Crippen molar-refractivity contribution in [3.63, 3.8) is 0 Å². The summed E-state index contributed by atoms with van der Waals surface area (Å²) >= 11 is 0.